The molecule has 1 saturated heterocycles. The fourth-order valence-electron chi connectivity index (χ4n) is 3.19. The number of anilines is 1. The summed E-state index contributed by atoms with van der Waals surface area (Å²) in [5.74, 6) is 1.35. The van der Waals surface area contributed by atoms with Gasteiger partial charge in [0.15, 0.2) is 0 Å². The molecule has 0 aliphatic carbocycles. The molecule has 0 bridgehead atoms. The van der Waals surface area contributed by atoms with E-state index in [-0.39, 0.29) is 11.9 Å². The highest BCUT2D eigenvalue weighted by Gasteiger charge is 2.24. The number of aromatic nitrogens is 4. The van der Waals surface area contributed by atoms with Gasteiger partial charge in [-0.3, -0.25) is 0 Å². The fourth-order valence-corrected chi connectivity index (χ4v) is 3.19. The molecule has 7 heteroatoms. The predicted molar refractivity (Wildman–Crippen MR) is 92.1 cm³/mol. The Morgan fingerprint density at radius 3 is 2.92 bits per heavy atom. The number of nitrogens with zero attached hydrogens (tertiary/aromatic N) is 5. The third kappa shape index (κ3) is 3.19. The van der Waals surface area contributed by atoms with Crippen LogP contribution in [0, 0.1) is 5.82 Å². The van der Waals surface area contributed by atoms with Gasteiger partial charge in [-0.2, -0.15) is 14.6 Å². The van der Waals surface area contributed by atoms with Gasteiger partial charge in [0.2, 0.25) is 0 Å². The zero-order valence-electron chi connectivity index (χ0n) is 14.1. The van der Waals surface area contributed by atoms with Crippen LogP contribution in [0.25, 0.3) is 5.78 Å². The van der Waals surface area contributed by atoms with E-state index in [1.807, 2.05) is 0 Å². The zero-order chi connectivity index (χ0) is 17.2. The quantitative estimate of drug-likeness (QED) is 0.730. The molecule has 1 atom stereocenters. The molecule has 1 aliphatic heterocycles. The Labute approximate surface area is 145 Å². The maximum atomic E-state index is 13.2. The first-order valence-electron chi connectivity index (χ1n) is 8.56. The Balaban J connectivity index is 1.65. The number of hydrogen-bond donors (Lipinski definition) is 0. The van der Waals surface area contributed by atoms with Crippen LogP contribution in [0.3, 0.4) is 0 Å². The molecule has 0 amide bonds. The highest BCUT2D eigenvalue weighted by atomic mass is 19.1. The van der Waals surface area contributed by atoms with Gasteiger partial charge in [-0.1, -0.05) is 25.5 Å². The van der Waals surface area contributed by atoms with E-state index in [9.17, 15) is 4.39 Å². The average molecular weight is 341 g/mol. The van der Waals surface area contributed by atoms with Crippen LogP contribution in [0.2, 0.25) is 0 Å². The molecule has 0 radical (unpaired) electrons. The topological polar surface area (TPSA) is 55.6 Å². The summed E-state index contributed by atoms with van der Waals surface area (Å²) in [6, 6.07) is 8.59. The van der Waals surface area contributed by atoms with Gasteiger partial charge in [-0.15, -0.1) is 0 Å². The van der Waals surface area contributed by atoms with Crippen LogP contribution in [0.4, 0.5) is 10.2 Å². The number of halogens is 1. The van der Waals surface area contributed by atoms with Crippen molar-refractivity contribution < 1.29 is 9.13 Å². The minimum Gasteiger partial charge on any atom is -0.370 e. The van der Waals surface area contributed by atoms with Crippen molar-refractivity contribution in [3.8, 4) is 0 Å². The molecule has 1 aliphatic rings. The van der Waals surface area contributed by atoms with Crippen molar-refractivity contribution in [2.75, 3.05) is 24.6 Å². The number of benzene rings is 1. The first-order chi connectivity index (χ1) is 12.2. The van der Waals surface area contributed by atoms with Crippen LogP contribution in [0.1, 0.15) is 30.7 Å². The molecule has 6 nitrogen and oxygen atoms in total. The minimum atomic E-state index is -0.237. The normalized spacial score (nSPS) is 18.0. The van der Waals surface area contributed by atoms with E-state index in [2.05, 4.69) is 33.0 Å². The molecule has 2 aromatic heterocycles. The van der Waals surface area contributed by atoms with Crippen molar-refractivity contribution in [2.24, 2.45) is 0 Å². The van der Waals surface area contributed by atoms with Crippen molar-refractivity contribution in [1.29, 1.82) is 0 Å². The molecule has 0 saturated carbocycles. The van der Waals surface area contributed by atoms with E-state index in [4.69, 9.17) is 4.74 Å². The van der Waals surface area contributed by atoms with Gasteiger partial charge in [-0.25, -0.2) is 9.37 Å². The smallest absolute Gasteiger partial charge is 0.254 e. The molecule has 0 unspecified atom stereocenters. The van der Waals surface area contributed by atoms with Crippen LogP contribution in [-0.2, 0) is 11.2 Å². The molecular weight excluding hydrogens is 321 g/mol. The number of fused-ring (bicyclic) bond motifs is 1. The second kappa shape index (κ2) is 6.76. The molecule has 4 rings (SSSR count). The van der Waals surface area contributed by atoms with Gasteiger partial charge in [0, 0.05) is 24.8 Å². The lowest BCUT2D eigenvalue weighted by Crippen LogP contribution is -2.39. The second-order valence-corrected chi connectivity index (χ2v) is 6.18. The number of rotatable bonds is 4. The Hall–Kier alpha value is -2.54. The summed E-state index contributed by atoms with van der Waals surface area (Å²) in [6.07, 6.45) is 3.36. The molecule has 1 fully saturated rings. The summed E-state index contributed by atoms with van der Waals surface area (Å²) in [4.78, 5) is 11.0. The third-order valence-corrected chi connectivity index (χ3v) is 4.42. The molecule has 130 valence electrons. The number of hydrogen-bond acceptors (Lipinski definition) is 5. The molecule has 25 heavy (non-hydrogen) atoms. The van der Waals surface area contributed by atoms with E-state index in [1.165, 1.54) is 18.5 Å². The van der Waals surface area contributed by atoms with Gasteiger partial charge in [0.25, 0.3) is 5.78 Å². The lowest BCUT2D eigenvalue weighted by atomic mass is 10.1. The second-order valence-electron chi connectivity index (χ2n) is 6.18. The van der Waals surface area contributed by atoms with Crippen molar-refractivity contribution >= 4 is 11.6 Å². The first kappa shape index (κ1) is 16.0. The third-order valence-electron chi connectivity index (χ3n) is 4.42. The SMILES string of the molecule is CCCc1cc(N2CCO[C@@H](c3ccc(F)cc3)C2)n2ncnc2n1. The molecule has 3 aromatic rings. The largest absolute Gasteiger partial charge is 0.370 e. The van der Waals surface area contributed by atoms with Crippen molar-refractivity contribution in [3.05, 3.63) is 53.7 Å². The fraction of sp³-hybridized carbons (Fsp3) is 0.389. The lowest BCUT2D eigenvalue weighted by Gasteiger charge is -2.34. The van der Waals surface area contributed by atoms with Gasteiger partial charge < -0.3 is 9.64 Å². The summed E-state index contributed by atoms with van der Waals surface area (Å²) in [5, 5.41) is 4.32. The standard InChI is InChI=1S/C18H20FN5O/c1-2-3-15-10-17(24-18(22-15)20-12-21-24)23-8-9-25-16(11-23)13-4-6-14(19)7-5-13/h4-7,10,12,16H,2-3,8-9,11H2,1H3/t16-/m1/s1. The van der Waals surface area contributed by atoms with Crippen molar-refractivity contribution in [2.45, 2.75) is 25.9 Å². The van der Waals surface area contributed by atoms with E-state index in [0.717, 1.165) is 36.5 Å². The maximum Gasteiger partial charge on any atom is 0.254 e. The highest BCUT2D eigenvalue weighted by Crippen LogP contribution is 2.27. The summed E-state index contributed by atoms with van der Waals surface area (Å²) >= 11 is 0. The number of morpholine rings is 1. The molecule has 3 heterocycles. The monoisotopic (exact) mass is 341 g/mol. The molecule has 0 N–H and O–H groups in total. The Morgan fingerprint density at radius 1 is 1.28 bits per heavy atom. The van der Waals surface area contributed by atoms with E-state index >= 15 is 0 Å². The van der Waals surface area contributed by atoms with Crippen LogP contribution >= 0.6 is 0 Å². The first-order valence-corrected chi connectivity index (χ1v) is 8.56. The Morgan fingerprint density at radius 2 is 2.12 bits per heavy atom. The van der Waals surface area contributed by atoms with Crippen LogP contribution in [0.15, 0.2) is 36.7 Å². The van der Waals surface area contributed by atoms with Gasteiger partial charge in [0.1, 0.15) is 24.1 Å². The Bertz CT molecular complexity index is 864. The molecule has 0 spiro atoms. The van der Waals surface area contributed by atoms with E-state index in [1.54, 1.807) is 16.6 Å². The number of ether oxygens (including phenoxy) is 1. The van der Waals surface area contributed by atoms with Gasteiger partial charge in [-0.05, 0) is 24.1 Å². The average Bonchev–Trinajstić information content (AvgIpc) is 3.10. The van der Waals surface area contributed by atoms with E-state index in [0.29, 0.717) is 18.9 Å². The van der Waals surface area contributed by atoms with Crippen molar-refractivity contribution in [3.63, 3.8) is 0 Å². The highest BCUT2D eigenvalue weighted by molar-refractivity contribution is 5.48. The Kier molecular flexibility index (Phi) is 4.31. The minimum absolute atomic E-state index is 0.101. The predicted octanol–water partition coefficient (Wildman–Crippen LogP) is 2.79. The van der Waals surface area contributed by atoms with Gasteiger partial charge in [0.05, 0.1) is 6.61 Å². The van der Waals surface area contributed by atoms with E-state index < -0.39 is 0 Å². The van der Waals surface area contributed by atoms with Gasteiger partial charge >= 0.3 is 0 Å². The lowest BCUT2D eigenvalue weighted by molar-refractivity contribution is 0.0393. The van der Waals surface area contributed by atoms with Crippen LogP contribution in [0.5, 0.6) is 0 Å². The summed E-state index contributed by atoms with van der Waals surface area (Å²) in [5.41, 5.74) is 1.99. The molecule has 1 aromatic carbocycles. The van der Waals surface area contributed by atoms with Crippen LogP contribution in [-0.4, -0.2) is 39.3 Å². The summed E-state index contributed by atoms with van der Waals surface area (Å²) < 4.78 is 20.8. The summed E-state index contributed by atoms with van der Waals surface area (Å²) in [7, 11) is 0. The molecular formula is C18H20FN5O. The zero-order valence-corrected chi connectivity index (χ0v) is 14.1. The summed E-state index contributed by atoms with van der Waals surface area (Å²) in [6.45, 7) is 4.18. The number of aryl methyl sites for hydroxylation is 1. The maximum absolute atomic E-state index is 13.2. The van der Waals surface area contributed by atoms with Crippen LogP contribution < -0.4 is 4.90 Å². The van der Waals surface area contributed by atoms with Crippen molar-refractivity contribution in [1.82, 2.24) is 19.6 Å².